The number of hydrogen-bond donors (Lipinski definition) is 0. The molecule has 1 heterocycles. The van der Waals surface area contributed by atoms with E-state index < -0.39 is 11.6 Å². The van der Waals surface area contributed by atoms with Crippen LogP contribution in [-0.4, -0.2) is 12.0 Å². The first-order valence-corrected chi connectivity index (χ1v) is 6.09. The van der Waals surface area contributed by atoms with Gasteiger partial charge in [0.2, 0.25) is 0 Å². The van der Waals surface area contributed by atoms with Crippen molar-refractivity contribution >= 4 is 27.4 Å². The maximum absolute atomic E-state index is 13.6. The van der Waals surface area contributed by atoms with Crippen LogP contribution in [-0.2, 0) is 0 Å². The van der Waals surface area contributed by atoms with Gasteiger partial charge in [-0.05, 0) is 46.6 Å². The van der Waals surface area contributed by atoms with Crippen molar-refractivity contribution in [3.8, 4) is 0 Å². The fourth-order valence-electron chi connectivity index (χ4n) is 1.57. The van der Waals surface area contributed by atoms with Crippen LogP contribution in [0.5, 0.6) is 0 Å². The molecule has 0 saturated carbocycles. The first-order chi connectivity index (χ1) is 8.49. The summed E-state index contributed by atoms with van der Waals surface area (Å²) >= 11 is 3.35. The molecule has 0 fully saturated rings. The van der Waals surface area contributed by atoms with E-state index in [2.05, 4.69) is 20.9 Å². The molecule has 1 aromatic carbocycles. The Morgan fingerprint density at radius 3 is 2.61 bits per heavy atom. The maximum Gasteiger partial charge on any atom is 0.147 e. The van der Waals surface area contributed by atoms with Crippen molar-refractivity contribution in [2.75, 3.05) is 11.9 Å². The largest absolute Gasteiger partial charge is 0.327 e. The van der Waals surface area contributed by atoms with E-state index >= 15 is 0 Å². The SMILES string of the molecule is Cc1cc(N(C)c2cc(F)ccc2F)ncc1Br. The number of nitrogens with zero attached hydrogens (tertiary/aromatic N) is 2. The van der Waals surface area contributed by atoms with Crippen molar-refractivity contribution < 1.29 is 8.78 Å². The van der Waals surface area contributed by atoms with Gasteiger partial charge in [-0.3, -0.25) is 0 Å². The molecule has 18 heavy (non-hydrogen) atoms. The first kappa shape index (κ1) is 13.0. The van der Waals surface area contributed by atoms with Crippen LogP contribution in [0.15, 0.2) is 34.9 Å². The second kappa shape index (κ2) is 5.02. The molecule has 5 heteroatoms. The Bertz CT molecular complexity index is 587. The van der Waals surface area contributed by atoms with Gasteiger partial charge in [0.15, 0.2) is 0 Å². The summed E-state index contributed by atoms with van der Waals surface area (Å²) in [5.74, 6) is -0.409. The number of aryl methyl sites for hydroxylation is 1. The van der Waals surface area contributed by atoms with Crippen molar-refractivity contribution in [1.82, 2.24) is 4.98 Å². The van der Waals surface area contributed by atoms with Crippen LogP contribution in [0.3, 0.4) is 0 Å². The molecule has 1 aromatic heterocycles. The zero-order valence-corrected chi connectivity index (χ0v) is 11.5. The normalized spacial score (nSPS) is 10.5. The molecule has 2 aromatic rings. The number of hydrogen-bond acceptors (Lipinski definition) is 2. The van der Waals surface area contributed by atoms with E-state index in [-0.39, 0.29) is 5.69 Å². The summed E-state index contributed by atoms with van der Waals surface area (Å²) in [7, 11) is 1.65. The van der Waals surface area contributed by atoms with Gasteiger partial charge in [-0.25, -0.2) is 13.8 Å². The van der Waals surface area contributed by atoms with Gasteiger partial charge >= 0.3 is 0 Å². The van der Waals surface area contributed by atoms with Gasteiger partial charge in [-0.1, -0.05) is 0 Å². The van der Waals surface area contributed by atoms with Crippen LogP contribution in [0.1, 0.15) is 5.56 Å². The number of anilines is 2. The molecule has 0 spiro atoms. The zero-order valence-electron chi connectivity index (χ0n) is 9.92. The molecular weight excluding hydrogens is 302 g/mol. The third-order valence-electron chi connectivity index (χ3n) is 2.65. The molecule has 0 atom stereocenters. The van der Waals surface area contributed by atoms with Crippen molar-refractivity contribution in [3.05, 3.63) is 52.1 Å². The highest BCUT2D eigenvalue weighted by molar-refractivity contribution is 9.10. The minimum absolute atomic E-state index is 0.157. The van der Waals surface area contributed by atoms with Crippen molar-refractivity contribution in [2.24, 2.45) is 0 Å². The van der Waals surface area contributed by atoms with Crippen LogP contribution >= 0.6 is 15.9 Å². The number of benzene rings is 1. The smallest absolute Gasteiger partial charge is 0.147 e. The third-order valence-corrected chi connectivity index (χ3v) is 3.48. The summed E-state index contributed by atoms with van der Waals surface area (Å²) in [5.41, 5.74) is 1.13. The molecule has 0 aliphatic carbocycles. The van der Waals surface area contributed by atoms with Crippen molar-refractivity contribution in [2.45, 2.75) is 6.92 Å². The highest BCUT2D eigenvalue weighted by atomic mass is 79.9. The molecule has 0 N–H and O–H groups in total. The highest BCUT2D eigenvalue weighted by Crippen LogP contribution is 2.27. The molecule has 0 bridgehead atoms. The highest BCUT2D eigenvalue weighted by Gasteiger charge is 2.12. The Balaban J connectivity index is 2.44. The van der Waals surface area contributed by atoms with Gasteiger partial charge in [0.05, 0.1) is 5.69 Å². The molecule has 0 saturated heterocycles. The summed E-state index contributed by atoms with van der Waals surface area (Å²) in [4.78, 5) is 5.69. The molecule has 0 radical (unpaired) electrons. The Labute approximate surface area is 112 Å². The molecule has 0 aliphatic rings. The van der Waals surface area contributed by atoms with Crippen LogP contribution in [0.4, 0.5) is 20.3 Å². The lowest BCUT2D eigenvalue weighted by atomic mass is 10.2. The molecule has 2 nitrogen and oxygen atoms in total. The van der Waals surface area contributed by atoms with Gasteiger partial charge in [0.25, 0.3) is 0 Å². The number of halogens is 3. The molecule has 0 amide bonds. The Morgan fingerprint density at radius 1 is 1.22 bits per heavy atom. The number of rotatable bonds is 2. The summed E-state index contributed by atoms with van der Waals surface area (Å²) in [6.07, 6.45) is 1.64. The molecule has 94 valence electrons. The minimum Gasteiger partial charge on any atom is -0.327 e. The first-order valence-electron chi connectivity index (χ1n) is 5.30. The summed E-state index contributed by atoms with van der Waals surface area (Å²) in [6.45, 7) is 1.91. The lowest BCUT2D eigenvalue weighted by molar-refractivity contribution is 0.600. The fraction of sp³-hybridized carbons (Fsp3) is 0.154. The van der Waals surface area contributed by atoms with Crippen LogP contribution in [0.25, 0.3) is 0 Å². The quantitative estimate of drug-likeness (QED) is 0.826. The van der Waals surface area contributed by atoms with Gasteiger partial charge in [0.1, 0.15) is 17.5 Å². The molecule has 0 aliphatic heterocycles. The monoisotopic (exact) mass is 312 g/mol. The van der Waals surface area contributed by atoms with Gasteiger partial charge < -0.3 is 4.90 Å². The minimum atomic E-state index is -0.485. The third kappa shape index (κ3) is 2.51. The standard InChI is InChI=1S/C13H11BrF2N2/c1-8-5-13(17-7-10(8)14)18(2)12-6-9(15)3-4-11(12)16/h3-7H,1-2H3. The average Bonchev–Trinajstić information content (AvgIpc) is 2.35. The summed E-state index contributed by atoms with van der Waals surface area (Å²) in [5, 5.41) is 0. The zero-order chi connectivity index (χ0) is 13.3. The topological polar surface area (TPSA) is 16.1 Å². The summed E-state index contributed by atoms with van der Waals surface area (Å²) in [6, 6.07) is 5.14. The van der Waals surface area contributed by atoms with Gasteiger partial charge in [-0.15, -0.1) is 0 Å². The van der Waals surface area contributed by atoms with E-state index in [1.54, 1.807) is 19.3 Å². The lowest BCUT2D eigenvalue weighted by Gasteiger charge is -2.19. The summed E-state index contributed by atoms with van der Waals surface area (Å²) < 4.78 is 27.7. The average molecular weight is 313 g/mol. The van der Waals surface area contributed by atoms with E-state index in [0.717, 1.165) is 28.2 Å². The molecular formula is C13H11BrF2N2. The van der Waals surface area contributed by atoms with Crippen LogP contribution in [0.2, 0.25) is 0 Å². The van der Waals surface area contributed by atoms with E-state index in [9.17, 15) is 8.78 Å². The number of pyridine rings is 1. The second-order valence-corrected chi connectivity index (χ2v) is 4.80. The predicted octanol–water partition coefficient (Wildman–Crippen LogP) is 4.20. The lowest BCUT2D eigenvalue weighted by Crippen LogP contribution is -2.13. The fourth-order valence-corrected chi connectivity index (χ4v) is 1.79. The van der Waals surface area contributed by atoms with Crippen LogP contribution < -0.4 is 4.90 Å². The molecule has 0 unspecified atom stereocenters. The second-order valence-electron chi connectivity index (χ2n) is 3.95. The predicted molar refractivity (Wildman–Crippen MR) is 71.1 cm³/mol. The van der Waals surface area contributed by atoms with Gasteiger partial charge in [0, 0.05) is 23.8 Å². The Hall–Kier alpha value is -1.49. The Kier molecular flexibility index (Phi) is 3.61. The van der Waals surface area contributed by atoms with E-state index in [1.165, 1.54) is 4.90 Å². The van der Waals surface area contributed by atoms with Crippen LogP contribution in [0, 0.1) is 18.6 Å². The van der Waals surface area contributed by atoms with E-state index in [0.29, 0.717) is 5.82 Å². The number of aromatic nitrogens is 1. The molecule has 2 rings (SSSR count). The van der Waals surface area contributed by atoms with E-state index in [4.69, 9.17) is 0 Å². The van der Waals surface area contributed by atoms with Crippen molar-refractivity contribution in [3.63, 3.8) is 0 Å². The Morgan fingerprint density at radius 2 is 1.94 bits per heavy atom. The van der Waals surface area contributed by atoms with Crippen molar-refractivity contribution in [1.29, 1.82) is 0 Å². The van der Waals surface area contributed by atoms with E-state index in [1.807, 2.05) is 6.92 Å². The van der Waals surface area contributed by atoms with Gasteiger partial charge in [-0.2, -0.15) is 0 Å². The maximum atomic E-state index is 13.6.